The van der Waals surface area contributed by atoms with Crippen LogP contribution in [0.5, 0.6) is 0 Å². The van der Waals surface area contributed by atoms with Crippen LogP contribution in [0, 0.1) is 12.8 Å². The SMILES string of the molecule is Cc1ccc(C(CNC2CC2)OCC2CCCC2)cc1. The summed E-state index contributed by atoms with van der Waals surface area (Å²) in [6, 6.07) is 9.58. The lowest BCUT2D eigenvalue weighted by Gasteiger charge is -2.21. The second-order valence-electron chi connectivity index (χ2n) is 6.57. The van der Waals surface area contributed by atoms with Gasteiger partial charge in [-0.25, -0.2) is 0 Å². The molecule has 1 atom stereocenters. The summed E-state index contributed by atoms with van der Waals surface area (Å²) < 4.78 is 6.27. The van der Waals surface area contributed by atoms with E-state index in [1.807, 2.05) is 0 Å². The third-order valence-corrected chi connectivity index (χ3v) is 4.63. The van der Waals surface area contributed by atoms with Crippen LogP contribution in [0.1, 0.15) is 55.8 Å². The molecule has 1 aromatic carbocycles. The summed E-state index contributed by atoms with van der Waals surface area (Å²) in [6.45, 7) is 4.03. The Kier molecular flexibility index (Phi) is 4.74. The van der Waals surface area contributed by atoms with Gasteiger partial charge in [0.2, 0.25) is 0 Å². The molecular weight excluding hydrogens is 246 g/mol. The monoisotopic (exact) mass is 273 g/mol. The molecule has 0 amide bonds. The van der Waals surface area contributed by atoms with Crippen molar-refractivity contribution in [3.63, 3.8) is 0 Å². The van der Waals surface area contributed by atoms with E-state index in [1.54, 1.807) is 0 Å². The number of hydrogen-bond acceptors (Lipinski definition) is 2. The van der Waals surface area contributed by atoms with Crippen molar-refractivity contribution in [1.82, 2.24) is 5.32 Å². The lowest BCUT2D eigenvalue weighted by molar-refractivity contribution is 0.0292. The van der Waals surface area contributed by atoms with E-state index >= 15 is 0 Å². The van der Waals surface area contributed by atoms with Crippen molar-refractivity contribution in [2.45, 2.75) is 57.6 Å². The topological polar surface area (TPSA) is 21.3 Å². The summed E-state index contributed by atoms with van der Waals surface area (Å²) >= 11 is 0. The Morgan fingerprint density at radius 1 is 1.10 bits per heavy atom. The van der Waals surface area contributed by atoms with Crippen LogP contribution in [0.4, 0.5) is 0 Å². The average molecular weight is 273 g/mol. The van der Waals surface area contributed by atoms with E-state index < -0.39 is 0 Å². The summed E-state index contributed by atoms with van der Waals surface area (Å²) in [5.74, 6) is 0.795. The van der Waals surface area contributed by atoms with Crippen molar-refractivity contribution >= 4 is 0 Å². The molecule has 0 radical (unpaired) electrons. The molecule has 2 saturated carbocycles. The normalized spacial score (nSPS) is 21.2. The van der Waals surface area contributed by atoms with Crippen LogP contribution in [0.25, 0.3) is 0 Å². The molecule has 2 heteroatoms. The maximum absolute atomic E-state index is 6.27. The molecule has 0 heterocycles. The van der Waals surface area contributed by atoms with Crippen molar-refractivity contribution in [3.8, 4) is 0 Å². The van der Waals surface area contributed by atoms with E-state index in [0.717, 1.165) is 25.1 Å². The van der Waals surface area contributed by atoms with Gasteiger partial charge in [0.25, 0.3) is 0 Å². The molecule has 1 N–H and O–H groups in total. The molecule has 0 saturated heterocycles. The van der Waals surface area contributed by atoms with Gasteiger partial charge in [-0.05, 0) is 44.1 Å². The van der Waals surface area contributed by atoms with Crippen LogP contribution in [0.15, 0.2) is 24.3 Å². The minimum atomic E-state index is 0.219. The number of ether oxygens (including phenoxy) is 1. The molecule has 3 rings (SSSR count). The van der Waals surface area contributed by atoms with Gasteiger partial charge in [0.05, 0.1) is 12.7 Å². The zero-order valence-corrected chi connectivity index (χ0v) is 12.6. The predicted molar refractivity (Wildman–Crippen MR) is 82.9 cm³/mol. The summed E-state index contributed by atoms with van der Waals surface area (Å²) in [5, 5.41) is 3.62. The van der Waals surface area contributed by atoms with Gasteiger partial charge in [-0.1, -0.05) is 42.7 Å². The van der Waals surface area contributed by atoms with Crippen molar-refractivity contribution in [3.05, 3.63) is 35.4 Å². The zero-order valence-electron chi connectivity index (χ0n) is 12.6. The van der Waals surface area contributed by atoms with Crippen LogP contribution in [0.2, 0.25) is 0 Å². The quantitative estimate of drug-likeness (QED) is 0.811. The lowest BCUT2D eigenvalue weighted by atomic mass is 10.1. The number of benzene rings is 1. The Bertz CT molecular complexity index is 404. The number of rotatable bonds is 7. The van der Waals surface area contributed by atoms with Gasteiger partial charge in [-0.3, -0.25) is 0 Å². The van der Waals surface area contributed by atoms with Crippen LogP contribution >= 0.6 is 0 Å². The first-order chi connectivity index (χ1) is 9.81. The fourth-order valence-corrected chi connectivity index (χ4v) is 3.04. The number of hydrogen-bond donors (Lipinski definition) is 1. The third-order valence-electron chi connectivity index (χ3n) is 4.63. The third kappa shape index (κ3) is 4.07. The summed E-state index contributed by atoms with van der Waals surface area (Å²) in [6.07, 6.45) is 8.39. The van der Waals surface area contributed by atoms with Gasteiger partial charge in [0.1, 0.15) is 0 Å². The first-order valence-electron chi connectivity index (χ1n) is 8.23. The molecule has 0 aliphatic heterocycles. The highest BCUT2D eigenvalue weighted by molar-refractivity contribution is 5.23. The van der Waals surface area contributed by atoms with Crippen molar-refractivity contribution in [2.75, 3.05) is 13.2 Å². The van der Waals surface area contributed by atoms with Gasteiger partial charge < -0.3 is 10.1 Å². The minimum Gasteiger partial charge on any atom is -0.372 e. The fourth-order valence-electron chi connectivity index (χ4n) is 3.04. The van der Waals surface area contributed by atoms with E-state index in [4.69, 9.17) is 4.74 Å². The summed E-state index contributed by atoms with van der Waals surface area (Å²) in [5.41, 5.74) is 2.64. The van der Waals surface area contributed by atoms with Crippen molar-refractivity contribution in [2.24, 2.45) is 5.92 Å². The highest BCUT2D eigenvalue weighted by Gasteiger charge is 2.24. The first kappa shape index (κ1) is 14.1. The van der Waals surface area contributed by atoms with Gasteiger partial charge in [-0.2, -0.15) is 0 Å². The van der Waals surface area contributed by atoms with Crippen LogP contribution in [0.3, 0.4) is 0 Å². The van der Waals surface area contributed by atoms with Crippen LogP contribution in [-0.4, -0.2) is 19.2 Å². The molecule has 2 nitrogen and oxygen atoms in total. The predicted octanol–water partition coefficient (Wildman–Crippen LogP) is 3.99. The molecule has 0 aromatic heterocycles. The van der Waals surface area contributed by atoms with Crippen molar-refractivity contribution in [1.29, 1.82) is 0 Å². The zero-order chi connectivity index (χ0) is 13.8. The maximum atomic E-state index is 6.27. The molecule has 2 fully saturated rings. The van der Waals surface area contributed by atoms with E-state index in [0.29, 0.717) is 0 Å². The van der Waals surface area contributed by atoms with Gasteiger partial charge in [-0.15, -0.1) is 0 Å². The lowest BCUT2D eigenvalue weighted by Crippen LogP contribution is -2.26. The van der Waals surface area contributed by atoms with E-state index in [1.165, 1.54) is 49.7 Å². The molecular formula is C18H27NO. The largest absolute Gasteiger partial charge is 0.372 e. The van der Waals surface area contributed by atoms with E-state index in [2.05, 4.69) is 36.5 Å². The van der Waals surface area contributed by atoms with E-state index in [9.17, 15) is 0 Å². The Morgan fingerprint density at radius 3 is 2.45 bits per heavy atom. The summed E-state index contributed by atoms with van der Waals surface area (Å²) in [4.78, 5) is 0. The molecule has 0 bridgehead atoms. The van der Waals surface area contributed by atoms with Gasteiger partial charge >= 0.3 is 0 Å². The van der Waals surface area contributed by atoms with Crippen LogP contribution < -0.4 is 5.32 Å². The molecule has 1 unspecified atom stereocenters. The second kappa shape index (κ2) is 6.73. The summed E-state index contributed by atoms with van der Waals surface area (Å²) in [7, 11) is 0. The standard InChI is InChI=1S/C18H27NO/c1-14-6-8-16(9-7-14)18(12-19-17-10-11-17)20-13-15-4-2-3-5-15/h6-9,15,17-19H,2-5,10-13H2,1H3. The Morgan fingerprint density at radius 2 is 1.80 bits per heavy atom. The highest BCUT2D eigenvalue weighted by atomic mass is 16.5. The average Bonchev–Trinajstić information content (AvgIpc) is 3.14. The highest BCUT2D eigenvalue weighted by Crippen LogP contribution is 2.28. The molecule has 2 aliphatic carbocycles. The number of aryl methyl sites for hydroxylation is 1. The molecule has 110 valence electrons. The van der Waals surface area contributed by atoms with Crippen LogP contribution in [-0.2, 0) is 4.74 Å². The smallest absolute Gasteiger partial charge is 0.0949 e. The van der Waals surface area contributed by atoms with Crippen molar-refractivity contribution < 1.29 is 4.74 Å². The molecule has 20 heavy (non-hydrogen) atoms. The Balaban J connectivity index is 1.57. The fraction of sp³-hybridized carbons (Fsp3) is 0.667. The molecule has 2 aliphatic rings. The maximum Gasteiger partial charge on any atom is 0.0949 e. The molecule has 0 spiro atoms. The van der Waals surface area contributed by atoms with Gasteiger partial charge in [0, 0.05) is 12.6 Å². The van der Waals surface area contributed by atoms with E-state index in [-0.39, 0.29) is 6.10 Å². The Labute approximate surface area is 122 Å². The Hall–Kier alpha value is -0.860. The number of nitrogens with one attached hydrogen (secondary N) is 1. The molecule has 1 aromatic rings. The minimum absolute atomic E-state index is 0.219. The van der Waals surface area contributed by atoms with Gasteiger partial charge in [0.15, 0.2) is 0 Å². The first-order valence-corrected chi connectivity index (χ1v) is 8.23. The second-order valence-corrected chi connectivity index (χ2v) is 6.57.